The molecular weight excluding hydrogens is 372 g/mol. The van der Waals surface area contributed by atoms with E-state index in [1.54, 1.807) is 0 Å². The molecule has 1 fully saturated rings. The lowest BCUT2D eigenvalue weighted by atomic mass is 10.2. The molecule has 0 bridgehead atoms. The van der Waals surface area contributed by atoms with E-state index < -0.39 is 0 Å². The third-order valence-electron chi connectivity index (χ3n) is 5.64. The van der Waals surface area contributed by atoms with Crippen molar-refractivity contribution in [1.29, 1.82) is 0 Å². The van der Waals surface area contributed by atoms with Gasteiger partial charge in [0.2, 0.25) is 0 Å². The van der Waals surface area contributed by atoms with E-state index in [4.69, 9.17) is 4.98 Å². The lowest BCUT2D eigenvalue weighted by Gasteiger charge is -2.36. The molecule has 0 spiro atoms. The Bertz CT molecular complexity index is 1010. The smallest absolute Gasteiger partial charge is 0.194 e. The minimum atomic E-state index is 0.665. The largest absolute Gasteiger partial charge is 0.349 e. The van der Waals surface area contributed by atoms with Gasteiger partial charge in [-0.3, -0.25) is 9.89 Å². The predicted molar refractivity (Wildman–Crippen MR) is 124 cm³/mol. The molecule has 0 saturated carbocycles. The van der Waals surface area contributed by atoms with E-state index in [2.05, 4.69) is 86.3 Å². The molecule has 2 heterocycles. The fourth-order valence-corrected chi connectivity index (χ4v) is 3.89. The number of aryl methyl sites for hydroxylation is 1. The molecule has 1 aromatic heterocycles. The Kier molecular flexibility index (Phi) is 6.44. The molecule has 0 atom stereocenters. The molecule has 6 nitrogen and oxygen atoms in total. The van der Waals surface area contributed by atoms with Crippen LogP contribution in [0.2, 0.25) is 0 Å². The Labute approximate surface area is 178 Å². The number of benzene rings is 2. The second kappa shape index (κ2) is 9.59. The monoisotopic (exact) mass is 402 g/mol. The van der Waals surface area contributed by atoms with Crippen molar-refractivity contribution in [3.05, 3.63) is 72.1 Å². The second-order valence-corrected chi connectivity index (χ2v) is 7.58. The van der Waals surface area contributed by atoms with Gasteiger partial charge >= 0.3 is 0 Å². The molecule has 1 aliphatic rings. The van der Waals surface area contributed by atoms with Crippen molar-refractivity contribution in [1.82, 2.24) is 24.7 Å². The van der Waals surface area contributed by atoms with E-state index in [1.807, 2.05) is 19.2 Å². The average Bonchev–Trinajstić information content (AvgIpc) is 3.12. The fourth-order valence-electron chi connectivity index (χ4n) is 3.89. The number of imidazole rings is 1. The maximum Gasteiger partial charge on any atom is 0.194 e. The highest BCUT2D eigenvalue weighted by atomic mass is 15.3. The van der Waals surface area contributed by atoms with E-state index >= 15 is 0 Å². The van der Waals surface area contributed by atoms with Crippen molar-refractivity contribution in [2.24, 2.45) is 12.0 Å². The van der Waals surface area contributed by atoms with Crippen molar-refractivity contribution in [2.75, 3.05) is 39.8 Å². The SMILES string of the molecule is CN=C(NCc1nc2ccccc2n1C)N1CCN(C/C=C/c2ccccc2)CC1. The Morgan fingerprint density at radius 2 is 1.77 bits per heavy atom. The topological polar surface area (TPSA) is 48.7 Å². The first-order valence-corrected chi connectivity index (χ1v) is 10.5. The standard InChI is InChI=1S/C24H30N6/c1-25-24(26-19-23-27-21-12-6-7-13-22(21)28(23)2)30-17-15-29(16-18-30)14-8-11-20-9-4-3-5-10-20/h3-13H,14-19H2,1-2H3,(H,25,26)/b11-8+. The van der Waals surface area contributed by atoms with Crippen LogP contribution in [0.5, 0.6) is 0 Å². The number of hydrogen-bond acceptors (Lipinski definition) is 3. The zero-order valence-corrected chi connectivity index (χ0v) is 17.8. The first-order valence-electron chi connectivity index (χ1n) is 10.5. The van der Waals surface area contributed by atoms with Crippen LogP contribution in [0.15, 0.2) is 65.7 Å². The fraction of sp³-hybridized carbons (Fsp3) is 0.333. The van der Waals surface area contributed by atoms with E-state index in [1.165, 1.54) is 5.56 Å². The van der Waals surface area contributed by atoms with Crippen LogP contribution < -0.4 is 5.32 Å². The Balaban J connectivity index is 1.27. The summed E-state index contributed by atoms with van der Waals surface area (Å²) in [4.78, 5) is 14.1. The van der Waals surface area contributed by atoms with E-state index in [-0.39, 0.29) is 0 Å². The number of para-hydroxylation sites is 2. The van der Waals surface area contributed by atoms with E-state index in [0.29, 0.717) is 6.54 Å². The molecule has 3 aromatic rings. The van der Waals surface area contributed by atoms with E-state index in [9.17, 15) is 0 Å². The number of fused-ring (bicyclic) bond motifs is 1. The summed E-state index contributed by atoms with van der Waals surface area (Å²) in [6.07, 6.45) is 4.45. The number of guanidine groups is 1. The third kappa shape index (κ3) is 4.71. The van der Waals surface area contributed by atoms with Gasteiger partial charge in [0, 0.05) is 46.8 Å². The number of nitrogens with zero attached hydrogens (tertiary/aromatic N) is 5. The number of nitrogens with one attached hydrogen (secondary N) is 1. The number of piperazine rings is 1. The molecule has 0 amide bonds. The first-order chi connectivity index (χ1) is 14.7. The summed E-state index contributed by atoms with van der Waals surface area (Å²) in [7, 11) is 3.92. The summed E-state index contributed by atoms with van der Waals surface area (Å²) >= 11 is 0. The van der Waals surface area contributed by atoms with Crippen LogP contribution in [0.1, 0.15) is 11.4 Å². The van der Waals surface area contributed by atoms with Crippen molar-refractivity contribution in [2.45, 2.75) is 6.54 Å². The summed E-state index contributed by atoms with van der Waals surface area (Å²) in [5.41, 5.74) is 3.44. The van der Waals surface area contributed by atoms with Gasteiger partial charge in [-0.25, -0.2) is 4.98 Å². The highest BCUT2D eigenvalue weighted by Gasteiger charge is 2.19. The van der Waals surface area contributed by atoms with Crippen LogP contribution in [-0.4, -0.2) is 65.1 Å². The van der Waals surface area contributed by atoms with E-state index in [0.717, 1.165) is 55.5 Å². The molecule has 0 aliphatic carbocycles. The summed E-state index contributed by atoms with van der Waals surface area (Å²) < 4.78 is 2.15. The summed E-state index contributed by atoms with van der Waals surface area (Å²) in [6.45, 7) is 5.66. The number of hydrogen-bond donors (Lipinski definition) is 1. The van der Waals surface area contributed by atoms with Gasteiger partial charge in [0.15, 0.2) is 5.96 Å². The molecule has 30 heavy (non-hydrogen) atoms. The minimum absolute atomic E-state index is 0.665. The van der Waals surface area contributed by atoms with Crippen LogP contribution in [-0.2, 0) is 13.6 Å². The van der Waals surface area contributed by atoms with Gasteiger partial charge in [-0.15, -0.1) is 0 Å². The maximum absolute atomic E-state index is 4.75. The molecular formula is C24H30N6. The zero-order valence-electron chi connectivity index (χ0n) is 17.8. The normalized spacial score (nSPS) is 15.9. The molecule has 156 valence electrons. The quantitative estimate of drug-likeness (QED) is 0.527. The van der Waals surface area contributed by atoms with Crippen molar-refractivity contribution in [3.8, 4) is 0 Å². The van der Waals surface area contributed by atoms with Crippen LogP contribution in [0.25, 0.3) is 17.1 Å². The summed E-state index contributed by atoms with van der Waals surface area (Å²) in [5, 5.41) is 3.50. The van der Waals surface area contributed by atoms with Crippen LogP contribution >= 0.6 is 0 Å². The van der Waals surface area contributed by atoms with Gasteiger partial charge < -0.3 is 14.8 Å². The minimum Gasteiger partial charge on any atom is -0.349 e. The molecule has 1 saturated heterocycles. The third-order valence-corrected chi connectivity index (χ3v) is 5.64. The van der Waals surface area contributed by atoms with Gasteiger partial charge in [-0.05, 0) is 17.7 Å². The van der Waals surface area contributed by atoms with Gasteiger partial charge in [-0.2, -0.15) is 0 Å². The van der Waals surface area contributed by atoms with Crippen molar-refractivity contribution >= 4 is 23.1 Å². The predicted octanol–water partition coefficient (Wildman–Crippen LogP) is 2.98. The van der Waals surface area contributed by atoms with Crippen LogP contribution in [0.3, 0.4) is 0 Å². The Morgan fingerprint density at radius 1 is 1.03 bits per heavy atom. The molecule has 6 heteroatoms. The summed E-state index contributed by atoms with van der Waals surface area (Å²) in [6, 6.07) is 18.7. The molecule has 2 aromatic carbocycles. The Hall–Kier alpha value is -3.12. The first kappa shape index (κ1) is 20.2. The molecule has 4 rings (SSSR count). The number of aliphatic imine (C=N–C) groups is 1. The van der Waals surface area contributed by atoms with Crippen molar-refractivity contribution in [3.63, 3.8) is 0 Å². The van der Waals surface area contributed by atoms with Gasteiger partial charge in [-0.1, -0.05) is 54.6 Å². The average molecular weight is 403 g/mol. The molecule has 1 aliphatic heterocycles. The second-order valence-electron chi connectivity index (χ2n) is 7.58. The van der Waals surface area contributed by atoms with Crippen molar-refractivity contribution < 1.29 is 0 Å². The van der Waals surface area contributed by atoms with Gasteiger partial charge in [0.25, 0.3) is 0 Å². The molecule has 0 radical (unpaired) electrons. The lowest BCUT2D eigenvalue weighted by molar-refractivity contribution is 0.194. The van der Waals surface area contributed by atoms with Gasteiger partial charge in [0.05, 0.1) is 17.6 Å². The lowest BCUT2D eigenvalue weighted by Crippen LogP contribution is -2.52. The van der Waals surface area contributed by atoms with Crippen LogP contribution in [0, 0.1) is 0 Å². The zero-order chi connectivity index (χ0) is 20.8. The summed E-state index contributed by atoms with van der Waals surface area (Å²) in [5.74, 6) is 1.96. The van der Waals surface area contributed by atoms with Gasteiger partial charge in [0.1, 0.15) is 5.82 Å². The molecule has 1 N–H and O–H groups in total. The number of rotatable bonds is 5. The van der Waals surface area contributed by atoms with Crippen LogP contribution in [0.4, 0.5) is 0 Å². The Morgan fingerprint density at radius 3 is 2.50 bits per heavy atom. The maximum atomic E-state index is 4.75. The molecule has 0 unspecified atom stereocenters. The highest BCUT2D eigenvalue weighted by molar-refractivity contribution is 5.80. The highest BCUT2D eigenvalue weighted by Crippen LogP contribution is 2.14. The number of aromatic nitrogens is 2.